The zero-order chi connectivity index (χ0) is 18.7. The maximum atomic E-state index is 12.3. The van der Waals surface area contributed by atoms with Crippen molar-refractivity contribution in [3.8, 4) is 0 Å². The highest BCUT2D eigenvalue weighted by Gasteiger charge is 2.13. The molecule has 0 unspecified atom stereocenters. The third kappa shape index (κ3) is 3.97. The van der Waals surface area contributed by atoms with Gasteiger partial charge in [0.1, 0.15) is 12.4 Å². The second-order valence-corrected chi connectivity index (χ2v) is 6.10. The first-order valence-electron chi connectivity index (χ1n) is 8.10. The number of carbonyl (C=O) groups excluding carboxylic acids is 1. The number of amides is 1. The van der Waals surface area contributed by atoms with E-state index < -0.39 is 17.0 Å². The Bertz CT molecular complexity index is 1060. The van der Waals surface area contributed by atoms with Gasteiger partial charge in [-0.05, 0) is 19.4 Å². The van der Waals surface area contributed by atoms with Crippen LogP contribution in [0.15, 0.2) is 52.2 Å². The predicted molar refractivity (Wildman–Crippen MR) is 97.2 cm³/mol. The molecule has 0 aliphatic carbocycles. The van der Waals surface area contributed by atoms with Crippen molar-refractivity contribution in [3.05, 3.63) is 80.0 Å². The summed E-state index contributed by atoms with van der Waals surface area (Å²) in [7, 11) is 0. The Morgan fingerprint density at radius 1 is 1.19 bits per heavy atom. The van der Waals surface area contributed by atoms with Gasteiger partial charge in [0, 0.05) is 17.7 Å². The minimum atomic E-state index is -0.454. The molecule has 3 aromatic rings. The van der Waals surface area contributed by atoms with Crippen molar-refractivity contribution >= 4 is 11.7 Å². The summed E-state index contributed by atoms with van der Waals surface area (Å²) in [5.41, 5.74) is 2.11. The molecule has 0 spiro atoms. The monoisotopic (exact) mass is 353 g/mol. The zero-order valence-corrected chi connectivity index (χ0v) is 14.5. The quantitative estimate of drug-likeness (QED) is 0.715. The number of rotatable bonds is 5. The van der Waals surface area contributed by atoms with Crippen LogP contribution in [-0.4, -0.2) is 25.5 Å². The van der Waals surface area contributed by atoms with Crippen molar-refractivity contribution in [3.63, 3.8) is 0 Å². The molecule has 0 aliphatic rings. The first kappa shape index (κ1) is 17.4. The van der Waals surface area contributed by atoms with E-state index in [2.05, 4.69) is 21.6 Å². The summed E-state index contributed by atoms with van der Waals surface area (Å²) >= 11 is 0. The molecule has 0 aliphatic heterocycles. The molecule has 2 heterocycles. The summed E-state index contributed by atoms with van der Waals surface area (Å²) in [4.78, 5) is 35.4. The van der Waals surface area contributed by atoms with E-state index in [1.54, 1.807) is 10.9 Å². The average molecular weight is 353 g/mol. The van der Waals surface area contributed by atoms with E-state index in [1.807, 2.05) is 32.0 Å². The van der Waals surface area contributed by atoms with E-state index in [0.29, 0.717) is 12.4 Å². The topological polar surface area (TPSA) is 102 Å². The van der Waals surface area contributed by atoms with Gasteiger partial charge in [0.2, 0.25) is 5.91 Å². The second-order valence-electron chi connectivity index (χ2n) is 6.10. The lowest BCUT2D eigenvalue weighted by Crippen LogP contribution is -2.33. The number of hydrogen-bond acceptors (Lipinski definition) is 4. The van der Waals surface area contributed by atoms with Gasteiger partial charge in [-0.3, -0.25) is 19.5 Å². The van der Waals surface area contributed by atoms with Gasteiger partial charge in [-0.1, -0.05) is 29.8 Å². The van der Waals surface area contributed by atoms with Crippen LogP contribution in [0.2, 0.25) is 0 Å². The first-order chi connectivity index (χ1) is 12.4. The van der Waals surface area contributed by atoms with Crippen LogP contribution in [0.25, 0.3) is 0 Å². The molecule has 0 bridgehead atoms. The molecule has 0 saturated heterocycles. The van der Waals surface area contributed by atoms with E-state index in [9.17, 15) is 14.4 Å². The van der Waals surface area contributed by atoms with Gasteiger partial charge in [-0.2, -0.15) is 5.10 Å². The molecule has 0 fully saturated rings. The Labute approximate surface area is 149 Å². The van der Waals surface area contributed by atoms with Gasteiger partial charge in [0.25, 0.3) is 11.1 Å². The number of nitrogens with zero attached hydrogens (tertiary/aromatic N) is 3. The van der Waals surface area contributed by atoms with Crippen molar-refractivity contribution in [2.45, 2.75) is 26.9 Å². The Morgan fingerprint density at radius 2 is 2.00 bits per heavy atom. The van der Waals surface area contributed by atoms with Gasteiger partial charge in [-0.25, -0.2) is 9.36 Å². The SMILES string of the molecule is Cc1cccc(Cn2ncc(C)c2NC(=O)Cn2[nH]c(=O)ccc2=O)c1. The molecule has 2 aromatic heterocycles. The van der Waals surface area contributed by atoms with Crippen LogP contribution < -0.4 is 16.4 Å². The third-order valence-corrected chi connectivity index (χ3v) is 3.89. The lowest BCUT2D eigenvalue weighted by molar-refractivity contribution is -0.117. The molecule has 134 valence electrons. The van der Waals surface area contributed by atoms with E-state index >= 15 is 0 Å². The lowest BCUT2D eigenvalue weighted by atomic mass is 10.1. The Hall–Kier alpha value is -3.42. The maximum Gasteiger partial charge on any atom is 0.265 e. The van der Waals surface area contributed by atoms with Gasteiger partial charge < -0.3 is 5.32 Å². The second kappa shape index (κ2) is 7.22. The third-order valence-electron chi connectivity index (χ3n) is 3.89. The van der Waals surface area contributed by atoms with Crippen LogP contribution in [0, 0.1) is 13.8 Å². The molecule has 0 radical (unpaired) electrons. The number of aryl methyl sites for hydroxylation is 2. The number of carbonyl (C=O) groups is 1. The molecule has 26 heavy (non-hydrogen) atoms. The fourth-order valence-corrected chi connectivity index (χ4v) is 2.64. The molecule has 3 rings (SSSR count). The normalized spacial score (nSPS) is 10.7. The highest BCUT2D eigenvalue weighted by Crippen LogP contribution is 2.16. The molecule has 0 saturated carbocycles. The summed E-state index contributed by atoms with van der Waals surface area (Å²) in [5.74, 6) is 0.130. The number of benzene rings is 1. The van der Waals surface area contributed by atoms with E-state index in [1.165, 1.54) is 0 Å². The van der Waals surface area contributed by atoms with Crippen LogP contribution >= 0.6 is 0 Å². The number of aromatic nitrogens is 4. The molecule has 1 amide bonds. The Balaban J connectivity index is 1.78. The van der Waals surface area contributed by atoms with Gasteiger partial charge in [0.05, 0.1) is 12.7 Å². The minimum Gasteiger partial charge on any atom is -0.309 e. The fourth-order valence-electron chi connectivity index (χ4n) is 2.64. The molecule has 8 nitrogen and oxygen atoms in total. The molecule has 0 atom stereocenters. The zero-order valence-electron chi connectivity index (χ0n) is 14.5. The average Bonchev–Trinajstić information content (AvgIpc) is 2.91. The van der Waals surface area contributed by atoms with E-state index in [-0.39, 0.29) is 6.54 Å². The number of H-pyrrole nitrogens is 1. The minimum absolute atomic E-state index is 0.288. The van der Waals surface area contributed by atoms with Gasteiger partial charge in [0.15, 0.2) is 0 Å². The van der Waals surface area contributed by atoms with Crippen LogP contribution in [0.3, 0.4) is 0 Å². The van der Waals surface area contributed by atoms with Crippen molar-refractivity contribution in [2.75, 3.05) is 5.32 Å². The molecular formula is C18H19N5O3. The molecule has 1 aromatic carbocycles. The van der Waals surface area contributed by atoms with Gasteiger partial charge in [-0.15, -0.1) is 0 Å². The highest BCUT2D eigenvalue weighted by atomic mass is 16.2. The maximum absolute atomic E-state index is 12.3. The summed E-state index contributed by atoms with van der Waals surface area (Å²) in [6.07, 6.45) is 1.67. The van der Waals surface area contributed by atoms with Crippen LogP contribution in [-0.2, 0) is 17.9 Å². The molecule has 8 heteroatoms. The van der Waals surface area contributed by atoms with Crippen LogP contribution in [0.5, 0.6) is 0 Å². The summed E-state index contributed by atoms with van der Waals surface area (Å²) < 4.78 is 2.66. The standard InChI is InChI=1S/C18H19N5O3/c1-12-4-3-5-14(8-12)10-23-18(13(2)9-19-23)20-16(25)11-22-17(26)7-6-15(24)21-22/h3-9H,10-11H2,1-2H3,(H,20,25)(H,21,24). The number of aromatic amines is 1. The lowest BCUT2D eigenvalue weighted by Gasteiger charge is -2.11. The highest BCUT2D eigenvalue weighted by molar-refractivity contribution is 5.90. The summed E-state index contributed by atoms with van der Waals surface area (Å²) in [6, 6.07) is 10.3. The number of anilines is 1. The van der Waals surface area contributed by atoms with Crippen molar-refractivity contribution in [1.29, 1.82) is 0 Å². The van der Waals surface area contributed by atoms with Crippen LogP contribution in [0.1, 0.15) is 16.7 Å². The van der Waals surface area contributed by atoms with Crippen molar-refractivity contribution in [2.24, 2.45) is 0 Å². The predicted octanol–water partition coefficient (Wildman–Crippen LogP) is 1.04. The molecular weight excluding hydrogens is 334 g/mol. The Kier molecular flexibility index (Phi) is 4.83. The van der Waals surface area contributed by atoms with Crippen molar-refractivity contribution < 1.29 is 4.79 Å². The van der Waals surface area contributed by atoms with Crippen LogP contribution in [0.4, 0.5) is 5.82 Å². The summed E-state index contributed by atoms with van der Waals surface area (Å²) in [5, 5.41) is 9.40. The largest absolute Gasteiger partial charge is 0.309 e. The first-order valence-corrected chi connectivity index (χ1v) is 8.10. The summed E-state index contributed by atoms with van der Waals surface area (Å²) in [6.45, 7) is 4.07. The van der Waals surface area contributed by atoms with E-state index in [4.69, 9.17) is 0 Å². The fraction of sp³-hybridized carbons (Fsp3) is 0.222. The number of hydrogen-bond donors (Lipinski definition) is 2. The Morgan fingerprint density at radius 3 is 2.77 bits per heavy atom. The van der Waals surface area contributed by atoms with Gasteiger partial charge >= 0.3 is 0 Å². The van der Waals surface area contributed by atoms with Crippen molar-refractivity contribution in [1.82, 2.24) is 19.6 Å². The number of nitrogens with one attached hydrogen (secondary N) is 2. The smallest absolute Gasteiger partial charge is 0.265 e. The molecule has 2 N–H and O–H groups in total. The van der Waals surface area contributed by atoms with E-state index in [0.717, 1.165) is 33.5 Å².